The Morgan fingerprint density at radius 2 is 1.22 bits per heavy atom. The molecule has 154 valence electrons. The van der Waals surface area contributed by atoms with Crippen LogP contribution < -0.4 is 0 Å². The Morgan fingerprint density at radius 1 is 0.815 bits per heavy atom. The molecule has 0 bridgehead atoms. The van der Waals surface area contributed by atoms with E-state index in [9.17, 15) is 4.79 Å². The van der Waals surface area contributed by atoms with Crippen LogP contribution in [0.3, 0.4) is 0 Å². The number of rotatable bonds is 12. The normalized spacial score (nSPS) is 12.4. The summed E-state index contributed by atoms with van der Waals surface area (Å²) in [6.07, 6.45) is 1.07. The predicted molar refractivity (Wildman–Crippen MR) is 123 cm³/mol. The number of ether oxygens (including phenoxy) is 1. The first-order valence-corrected chi connectivity index (χ1v) is 16.0. The van der Waals surface area contributed by atoms with Crippen LogP contribution in [0.1, 0.15) is 57.5 Å². The van der Waals surface area contributed by atoms with Gasteiger partial charge in [-0.2, -0.15) is 0 Å². The van der Waals surface area contributed by atoms with Crippen molar-refractivity contribution in [3.8, 4) is 0 Å². The van der Waals surface area contributed by atoms with Crippen LogP contribution >= 0.6 is 0 Å². The second-order valence-corrected chi connectivity index (χ2v) is 18.3. The zero-order valence-electron chi connectivity index (χ0n) is 18.7. The number of esters is 1. The summed E-state index contributed by atoms with van der Waals surface area (Å²) >= 11 is 0. The van der Waals surface area contributed by atoms with Crippen molar-refractivity contribution >= 4 is 22.4 Å². The van der Waals surface area contributed by atoms with E-state index in [0.29, 0.717) is 5.56 Å². The molecule has 0 saturated carbocycles. The summed E-state index contributed by atoms with van der Waals surface area (Å²) in [6, 6.07) is 16.2. The number of carbonyl (C=O) groups excluding carboxylic acids is 1. The van der Waals surface area contributed by atoms with E-state index in [0.717, 1.165) is 6.42 Å². The second-order valence-electron chi connectivity index (χ2n) is 7.66. The van der Waals surface area contributed by atoms with Gasteiger partial charge in [0.15, 0.2) is 0 Å². The number of hydrogen-bond donors (Lipinski definition) is 0. The van der Waals surface area contributed by atoms with Gasteiger partial charge in [-0.15, -0.1) is 0 Å². The molecule has 0 aliphatic heterocycles. The highest BCUT2D eigenvalue weighted by Gasteiger charge is 2.45. The maximum absolute atomic E-state index is 11.7. The van der Waals surface area contributed by atoms with Crippen molar-refractivity contribution in [1.29, 1.82) is 0 Å². The lowest BCUT2D eigenvalue weighted by molar-refractivity contribution is 0.0600. The second kappa shape index (κ2) is 11.2. The average Bonchev–Trinajstić information content (AvgIpc) is 2.74. The van der Waals surface area contributed by atoms with E-state index >= 15 is 0 Å². The summed E-state index contributed by atoms with van der Waals surface area (Å²) in [5.41, 5.74) is 1.96. The fourth-order valence-corrected chi connectivity index (χ4v) is 18.1. The third-order valence-corrected chi connectivity index (χ3v) is 20.6. The highest BCUT2D eigenvalue weighted by atomic mass is 28.4. The number of carbonyl (C=O) groups is 1. The van der Waals surface area contributed by atoms with Crippen LogP contribution in [-0.4, -0.2) is 40.3 Å². The third-order valence-electron chi connectivity index (χ3n) is 7.09. The van der Waals surface area contributed by atoms with Crippen molar-refractivity contribution in [1.82, 2.24) is 4.23 Å². The Labute approximate surface area is 169 Å². The van der Waals surface area contributed by atoms with Gasteiger partial charge in [0.2, 0.25) is 0 Å². The fourth-order valence-electron chi connectivity index (χ4n) is 4.79. The first-order valence-electron chi connectivity index (χ1n) is 10.9. The molecule has 5 heteroatoms. The van der Waals surface area contributed by atoms with Gasteiger partial charge >= 0.3 is 5.97 Å². The molecule has 1 rings (SSSR count). The molecular formula is C22H41NO2Si2. The molecule has 0 heterocycles. The lowest BCUT2D eigenvalue weighted by Gasteiger charge is -2.52. The van der Waals surface area contributed by atoms with Crippen LogP contribution in [0.5, 0.6) is 0 Å². The molecule has 0 spiro atoms. The average molecular weight is 408 g/mol. The number of benzene rings is 1. The van der Waals surface area contributed by atoms with E-state index in [4.69, 9.17) is 4.74 Å². The largest absolute Gasteiger partial charge is 0.465 e. The standard InChI is InChI=1S/C22H41NO2Si2/c1-8-26(9-2,10-3)23(27(11-4,12-5)13-6)19-18-20-14-16-21(17-15-20)22(24)25-7/h14-17H,8-13,18-19H2,1-7H3. The minimum Gasteiger partial charge on any atom is -0.465 e. The van der Waals surface area contributed by atoms with E-state index in [1.54, 1.807) is 0 Å². The van der Waals surface area contributed by atoms with Gasteiger partial charge in [-0.1, -0.05) is 53.7 Å². The van der Waals surface area contributed by atoms with Crippen LogP contribution in [0.2, 0.25) is 36.3 Å². The van der Waals surface area contributed by atoms with Crippen LogP contribution in [0, 0.1) is 0 Å². The van der Waals surface area contributed by atoms with Crippen molar-refractivity contribution in [2.75, 3.05) is 13.7 Å². The van der Waals surface area contributed by atoms with E-state index in [2.05, 4.69) is 57.9 Å². The molecule has 0 aliphatic rings. The first kappa shape index (κ1) is 24.1. The summed E-state index contributed by atoms with van der Waals surface area (Å²) in [7, 11) is -1.39. The highest BCUT2D eigenvalue weighted by molar-refractivity contribution is 6.92. The van der Waals surface area contributed by atoms with Crippen molar-refractivity contribution < 1.29 is 9.53 Å². The smallest absolute Gasteiger partial charge is 0.337 e. The molecule has 27 heavy (non-hydrogen) atoms. The van der Waals surface area contributed by atoms with Crippen LogP contribution in [-0.2, 0) is 11.2 Å². The molecule has 1 aromatic carbocycles. The Hall–Kier alpha value is -0.916. The van der Waals surface area contributed by atoms with Crippen molar-refractivity contribution in [2.45, 2.75) is 84.2 Å². The Morgan fingerprint density at radius 3 is 1.56 bits per heavy atom. The molecule has 0 atom stereocenters. The monoisotopic (exact) mass is 407 g/mol. The quantitative estimate of drug-likeness (QED) is 0.299. The lowest BCUT2D eigenvalue weighted by Crippen LogP contribution is -2.66. The SMILES string of the molecule is CC[Si](CC)(CC)N(CCc1ccc(C(=O)OC)cc1)[Si](CC)(CC)CC. The summed E-state index contributed by atoms with van der Waals surface area (Å²) in [5.74, 6) is -0.257. The topological polar surface area (TPSA) is 29.5 Å². The van der Waals surface area contributed by atoms with Gasteiger partial charge in [0.25, 0.3) is 0 Å². The van der Waals surface area contributed by atoms with Gasteiger partial charge in [-0.05, 0) is 66.9 Å². The molecule has 0 aromatic heterocycles. The zero-order valence-corrected chi connectivity index (χ0v) is 20.7. The van der Waals surface area contributed by atoms with Crippen LogP contribution in [0.25, 0.3) is 0 Å². The van der Waals surface area contributed by atoms with Gasteiger partial charge in [-0.25, -0.2) is 4.79 Å². The highest BCUT2D eigenvalue weighted by Crippen LogP contribution is 2.36. The molecular weight excluding hydrogens is 366 g/mol. The van der Waals surface area contributed by atoms with E-state index in [1.807, 2.05) is 12.1 Å². The number of nitrogens with zero attached hydrogens (tertiary/aromatic N) is 1. The summed E-state index contributed by atoms with van der Waals surface area (Å²) < 4.78 is 7.93. The van der Waals surface area contributed by atoms with Gasteiger partial charge < -0.3 is 8.97 Å². The molecule has 0 amide bonds. The maximum Gasteiger partial charge on any atom is 0.337 e. The molecule has 0 saturated heterocycles. The lowest BCUT2D eigenvalue weighted by atomic mass is 10.1. The molecule has 0 N–H and O–H groups in total. The van der Waals surface area contributed by atoms with Gasteiger partial charge in [0.1, 0.15) is 16.5 Å². The van der Waals surface area contributed by atoms with Crippen molar-refractivity contribution in [3.63, 3.8) is 0 Å². The molecule has 0 aliphatic carbocycles. The molecule has 0 radical (unpaired) electrons. The van der Waals surface area contributed by atoms with Crippen LogP contribution in [0.4, 0.5) is 0 Å². The summed E-state index contributed by atoms with van der Waals surface area (Å²) in [4.78, 5) is 11.7. The number of hydrogen-bond acceptors (Lipinski definition) is 3. The molecule has 1 aromatic rings. The Bertz CT molecular complexity index is 530. The van der Waals surface area contributed by atoms with Crippen molar-refractivity contribution in [2.24, 2.45) is 0 Å². The van der Waals surface area contributed by atoms with Crippen LogP contribution in [0.15, 0.2) is 24.3 Å². The Balaban J connectivity index is 3.12. The zero-order chi connectivity index (χ0) is 20.5. The summed E-state index contributed by atoms with van der Waals surface area (Å²) in [6.45, 7) is 15.8. The molecule has 0 fully saturated rings. The summed E-state index contributed by atoms with van der Waals surface area (Å²) in [5, 5.41) is 0. The molecule has 3 nitrogen and oxygen atoms in total. The van der Waals surface area contributed by atoms with Crippen molar-refractivity contribution in [3.05, 3.63) is 35.4 Å². The first-order chi connectivity index (χ1) is 12.9. The third kappa shape index (κ3) is 5.33. The maximum atomic E-state index is 11.7. The minimum absolute atomic E-state index is 0.257. The van der Waals surface area contributed by atoms with E-state index in [-0.39, 0.29) is 5.97 Å². The van der Waals surface area contributed by atoms with Gasteiger partial charge in [-0.3, -0.25) is 0 Å². The van der Waals surface area contributed by atoms with E-state index < -0.39 is 16.5 Å². The number of methoxy groups -OCH3 is 1. The minimum atomic E-state index is -1.41. The predicted octanol–water partition coefficient (Wildman–Crippen LogP) is 6.33. The van der Waals surface area contributed by atoms with Gasteiger partial charge in [0.05, 0.1) is 12.7 Å². The fraction of sp³-hybridized carbons (Fsp3) is 0.682. The molecule has 0 unspecified atom stereocenters. The van der Waals surface area contributed by atoms with E-state index in [1.165, 1.54) is 55.5 Å². The Kier molecular flexibility index (Phi) is 9.98. The van der Waals surface area contributed by atoms with Gasteiger partial charge in [0, 0.05) is 0 Å².